The Kier molecular flexibility index (Phi) is 4.10. The summed E-state index contributed by atoms with van der Waals surface area (Å²) in [4.78, 5) is 30.5. The summed E-state index contributed by atoms with van der Waals surface area (Å²) in [6.07, 6.45) is 0. The van der Waals surface area contributed by atoms with Gasteiger partial charge in [-0.1, -0.05) is 35.0 Å². The lowest BCUT2D eigenvalue weighted by Crippen LogP contribution is -2.11. The number of aromatic amines is 2. The van der Waals surface area contributed by atoms with Crippen molar-refractivity contribution in [2.75, 3.05) is 0 Å². The topological polar surface area (TPSA) is 87.3 Å². The van der Waals surface area contributed by atoms with Gasteiger partial charge in [0.1, 0.15) is 16.8 Å². The van der Waals surface area contributed by atoms with E-state index in [1.54, 1.807) is 6.07 Å². The molecule has 0 spiro atoms. The fourth-order valence-electron chi connectivity index (χ4n) is 2.31. The van der Waals surface area contributed by atoms with Crippen LogP contribution in [-0.4, -0.2) is 24.9 Å². The average Bonchev–Trinajstić information content (AvgIpc) is 2.94. The summed E-state index contributed by atoms with van der Waals surface area (Å²) < 4.78 is 13.3. The number of nitrogens with one attached hydrogen (secondary N) is 2. The molecule has 0 aliphatic heterocycles. The van der Waals surface area contributed by atoms with Crippen LogP contribution in [0.5, 0.6) is 0 Å². The molecule has 0 atom stereocenters. The molecule has 0 saturated heterocycles. The Morgan fingerprint density at radius 1 is 1.12 bits per heavy atom. The largest absolute Gasteiger partial charge is 0.331 e. The second-order valence-corrected chi connectivity index (χ2v) is 6.87. The van der Waals surface area contributed by atoms with Crippen molar-refractivity contribution in [3.05, 3.63) is 56.4 Å². The van der Waals surface area contributed by atoms with Gasteiger partial charge >= 0.3 is 0 Å². The highest BCUT2D eigenvalue weighted by molar-refractivity contribution is 7.98. The van der Waals surface area contributed by atoms with E-state index in [1.165, 1.54) is 30.0 Å². The van der Waals surface area contributed by atoms with E-state index in [0.717, 1.165) is 0 Å². The van der Waals surface area contributed by atoms with Crippen LogP contribution < -0.4 is 5.56 Å². The predicted octanol–water partition coefficient (Wildman–Crippen LogP) is 3.93. The first-order valence-electron chi connectivity index (χ1n) is 7.02. The van der Waals surface area contributed by atoms with Crippen LogP contribution in [0.2, 0.25) is 10.2 Å². The Morgan fingerprint density at radius 2 is 1.96 bits per heavy atom. The van der Waals surface area contributed by atoms with Crippen molar-refractivity contribution >= 4 is 57.0 Å². The highest BCUT2D eigenvalue weighted by Crippen LogP contribution is 2.26. The van der Waals surface area contributed by atoms with E-state index in [0.29, 0.717) is 43.8 Å². The maximum absolute atomic E-state index is 13.3. The fraction of sp³-hybridized carbons (Fsp3) is 0.0667. The quantitative estimate of drug-likeness (QED) is 0.405. The van der Waals surface area contributed by atoms with Crippen molar-refractivity contribution in [3.63, 3.8) is 0 Å². The maximum Gasteiger partial charge on any atom is 0.258 e. The number of benzene rings is 1. The van der Waals surface area contributed by atoms with Crippen molar-refractivity contribution in [2.24, 2.45) is 0 Å². The first kappa shape index (κ1) is 16.3. The van der Waals surface area contributed by atoms with Gasteiger partial charge in [0.25, 0.3) is 5.56 Å². The van der Waals surface area contributed by atoms with Crippen molar-refractivity contribution in [2.45, 2.75) is 10.9 Å². The molecule has 2 N–H and O–H groups in total. The van der Waals surface area contributed by atoms with Crippen LogP contribution in [0, 0.1) is 5.82 Å². The summed E-state index contributed by atoms with van der Waals surface area (Å²) in [5.74, 6) is 0.307. The van der Waals surface area contributed by atoms with E-state index in [-0.39, 0.29) is 10.7 Å². The molecule has 3 aromatic heterocycles. The number of hydrogen-bond acceptors (Lipinski definition) is 5. The second kappa shape index (κ2) is 6.29. The number of aromatic nitrogens is 5. The predicted molar refractivity (Wildman–Crippen MR) is 95.8 cm³/mol. The van der Waals surface area contributed by atoms with Gasteiger partial charge in [-0.05, 0) is 18.2 Å². The summed E-state index contributed by atoms with van der Waals surface area (Å²) in [6.45, 7) is 0. The van der Waals surface area contributed by atoms with E-state index in [2.05, 4.69) is 24.9 Å². The smallest absolute Gasteiger partial charge is 0.258 e. The van der Waals surface area contributed by atoms with E-state index < -0.39 is 5.82 Å². The van der Waals surface area contributed by atoms with Crippen molar-refractivity contribution in [1.29, 1.82) is 0 Å². The molecule has 0 unspecified atom stereocenters. The Morgan fingerprint density at radius 3 is 2.80 bits per heavy atom. The van der Waals surface area contributed by atoms with E-state index in [9.17, 15) is 9.18 Å². The molecule has 6 nitrogen and oxygen atoms in total. The van der Waals surface area contributed by atoms with Gasteiger partial charge in [-0.3, -0.25) is 4.79 Å². The third-order valence-corrected chi connectivity index (χ3v) is 4.98. The minimum Gasteiger partial charge on any atom is -0.331 e. The van der Waals surface area contributed by atoms with Gasteiger partial charge in [-0.2, -0.15) is 0 Å². The highest BCUT2D eigenvalue weighted by atomic mass is 35.5. The Bertz CT molecular complexity index is 1140. The highest BCUT2D eigenvalue weighted by Gasteiger charge is 2.10. The number of thioether (sulfide) groups is 1. The molecule has 4 aromatic rings. The molecule has 10 heteroatoms. The number of rotatable bonds is 3. The number of pyridine rings is 1. The van der Waals surface area contributed by atoms with Crippen LogP contribution in [0.3, 0.4) is 0 Å². The molecule has 1 aromatic carbocycles. The molecule has 0 aliphatic carbocycles. The zero-order chi connectivity index (χ0) is 17.6. The molecular weight excluding hydrogens is 388 g/mol. The van der Waals surface area contributed by atoms with Crippen LogP contribution >= 0.6 is 35.0 Å². The van der Waals surface area contributed by atoms with E-state index >= 15 is 0 Å². The maximum atomic E-state index is 13.3. The van der Waals surface area contributed by atoms with Crippen LogP contribution in [0.15, 0.2) is 34.2 Å². The fourth-order valence-corrected chi connectivity index (χ4v) is 3.34. The van der Waals surface area contributed by atoms with Crippen LogP contribution in [-0.2, 0) is 5.75 Å². The molecule has 25 heavy (non-hydrogen) atoms. The zero-order valence-electron chi connectivity index (χ0n) is 12.3. The first-order valence-corrected chi connectivity index (χ1v) is 8.77. The van der Waals surface area contributed by atoms with Gasteiger partial charge in [0.05, 0.1) is 27.2 Å². The summed E-state index contributed by atoms with van der Waals surface area (Å²) in [7, 11) is 0. The lowest BCUT2D eigenvalue weighted by Gasteiger charge is -2.02. The molecule has 4 rings (SSSR count). The van der Waals surface area contributed by atoms with E-state index in [1.807, 2.05) is 0 Å². The molecule has 0 aliphatic rings. The second-order valence-electron chi connectivity index (χ2n) is 5.14. The van der Waals surface area contributed by atoms with Crippen molar-refractivity contribution < 1.29 is 4.39 Å². The van der Waals surface area contributed by atoms with Crippen LogP contribution in [0.4, 0.5) is 4.39 Å². The minimum atomic E-state index is -0.443. The summed E-state index contributed by atoms with van der Waals surface area (Å²) in [5.41, 5.74) is 1.09. The standard InChI is InChI=1S/C15H8Cl2FN5OS/c16-8-4-10-13(22-12(8)17)23-15(20-10)25-5-11-19-9-3-6(18)1-2-7(9)14(24)21-11/h1-4H,5H2,(H,19,21,24)(H,20,22,23). The van der Waals surface area contributed by atoms with Gasteiger partial charge in [0.15, 0.2) is 10.8 Å². The number of fused-ring (bicyclic) bond motifs is 2. The molecule has 0 saturated carbocycles. The Labute approximate surface area is 153 Å². The zero-order valence-corrected chi connectivity index (χ0v) is 14.6. The molecule has 126 valence electrons. The third kappa shape index (κ3) is 3.20. The number of nitrogens with zero attached hydrogens (tertiary/aromatic N) is 3. The summed E-state index contributed by atoms with van der Waals surface area (Å²) in [5, 5.41) is 1.42. The van der Waals surface area contributed by atoms with Gasteiger partial charge in [-0.25, -0.2) is 19.3 Å². The third-order valence-electron chi connectivity index (χ3n) is 3.43. The minimum absolute atomic E-state index is 0.180. The number of hydrogen-bond donors (Lipinski definition) is 2. The van der Waals surface area contributed by atoms with E-state index in [4.69, 9.17) is 23.2 Å². The Balaban J connectivity index is 1.62. The lowest BCUT2D eigenvalue weighted by atomic mass is 10.2. The van der Waals surface area contributed by atoms with Gasteiger partial charge in [-0.15, -0.1) is 0 Å². The monoisotopic (exact) mass is 395 g/mol. The normalized spacial score (nSPS) is 11.5. The van der Waals surface area contributed by atoms with Gasteiger partial charge in [0, 0.05) is 6.07 Å². The van der Waals surface area contributed by atoms with Gasteiger partial charge < -0.3 is 9.97 Å². The summed E-state index contributed by atoms with van der Waals surface area (Å²) >= 11 is 13.1. The number of imidazole rings is 1. The van der Waals surface area contributed by atoms with Crippen LogP contribution in [0.25, 0.3) is 22.1 Å². The molecule has 0 fully saturated rings. The molecule has 0 bridgehead atoms. The molecule has 3 heterocycles. The van der Waals surface area contributed by atoms with Crippen molar-refractivity contribution in [3.8, 4) is 0 Å². The van der Waals surface area contributed by atoms with Gasteiger partial charge in [0.2, 0.25) is 0 Å². The lowest BCUT2D eigenvalue weighted by molar-refractivity contribution is 0.629. The molecule has 0 radical (unpaired) electrons. The summed E-state index contributed by atoms with van der Waals surface area (Å²) in [6, 6.07) is 5.51. The number of halogens is 3. The first-order chi connectivity index (χ1) is 12.0. The van der Waals surface area contributed by atoms with Crippen molar-refractivity contribution in [1.82, 2.24) is 24.9 Å². The molecule has 0 amide bonds. The Hall–Kier alpha value is -2.16. The molecular formula is C15H8Cl2FN5OS. The van der Waals surface area contributed by atoms with Crippen LogP contribution in [0.1, 0.15) is 5.82 Å². The average molecular weight is 396 g/mol. The SMILES string of the molecule is O=c1[nH]c(CSc2nc3nc(Cl)c(Cl)cc3[nH]2)nc2cc(F)ccc12. The number of H-pyrrole nitrogens is 2.